The average Bonchev–Trinajstić information content (AvgIpc) is 2.75. The zero-order valence-electron chi connectivity index (χ0n) is 18.2. The van der Waals surface area contributed by atoms with Crippen LogP contribution < -0.4 is 15.5 Å². The normalized spacial score (nSPS) is 15.3. The SMILES string of the molecule is CN=C(NCc1cccc(N(C)C)n1)NC1CCN(Cc2ccc(F)c(F)c2)CC1.I. The molecule has 6 nitrogen and oxygen atoms in total. The Balaban J connectivity index is 0.00000341. The summed E-state index contributed by atoms with van der Waals surface area (Å²) in [5.41, 5.74) is 1.75. The molecule has 0 radical (unpaired) electrons. The van der Waals surface area contributed by atoms with Crippen molar-refractivity contribution in [3.8, 4) is 0 Å². The van der Waals surface area contributed by atoms with E-state index in [1.54, 1.807) is 13.1 Å². The van der Waals surface area contributed by atoms with Crippen LogP contribution in [0.2, 0.25) is 0 Å². The molecule has 0 unspecified atom stereocenters. The maximum atomic E-state index is 13.4. The van der Waals surface area contributed by atoms with Gasteiger partial charge in [-0.3, -0.25) is 9.89 Å². The third kappa shape index (κ3) is 7.57. The van der Waals surface area contributed by atoms with E-state index in [0.717, 1.165) is 49.0 Å². The lowest BCUT2D eigenvalue weighted by Crippen LogP contribution is -2.48. The Morgan fingerprint density at radius 3 is 2.55 bits per heavy atom. The monoisotopic (exact) mass is 544 g/mol. The summed E-state index contributed by atoms with van der Waals surface area (Å²) in [7, 11) is 5.70. The molecular formula is C22H31F2IN6. The van der Waals surface area contributed by atoms with Crippen molar-refractivity contribution in [2.45, 2.75) is 32.0 Å². The van der Waals surface area contributed by atoms with Crippen LogP contribution >= 0.6 is 24.0 Å². The highest BCUT2D eigenvalue weighted by molar-refractivity contribution is 14.0. The van der Waals surface area contributed by atoms with Crippen molar-refractivity contribution in [3.63, 3.8) is 0 Å². The van der Waals surface area contributed by atoms with E-state index >= 15 is 0 Å². The molecule has 0 atom stereocenters. The van der Waals surface area contributed by atoms with Crippen LogP contribution in [-0.2, 0) is 13.1 Å². The fourth-order valence-electron chi connectivity index (χ4n) is 3.51. The summed E-state index contributed by atoms with van der Waals surface area (Å²) < 4.78 is 26.5. The predicted molar refractivity (Wildman–Crippen MR) is 132 cm³/mol. The van der Waals surface area contributed by atoms with E-state index in [-0.39, 0.29) is 24.0 Å². The van der Waals surface area contributed by atoms with Gasteiger partial charge < -0.3 is 15.5 Å². The Hall–Kier alpha value is -2.01. The molecule has 0 spiro atoms. The molecule has 31 heavy (non-hydrogen) atoms. The first-order chi connectivity index (χ1) is 14.4. The van der Waals surface area contributed by atoms with Crippen molar-refractivity contribution in [2.24, 2.45) is 4.99 Å². The van der Waals surface area contributed by atoms with Crippen molar-refractivity contribution in [1.29, 1.82) is 0 Å². The van der Waals surface area contributed by atoms with Gasteiger partial charge >= 0.3 is 0 Å². The molecule has 1 aliphatic rings. The number of aliphatic imine (C=N–C) groups is 1. The van der Waals surface area contributed by atoms with E-state index in [9.17, 15) is 8.78 Å². The van der Waals surface area contributed by atoms with Gasteiger partial charge in [0.1, 0.15) is 5.82 Å². The molecule has 0 bridgehead atoms. The smallest absolute Gasteiger partial charge is 0.191 e. The maximum Gasteiger partial charge on any atom is 0.191 e. The minimum absolute atomic E-state index is 0. The molecule has 1 aromatic heterocycles. The number of nitrogens with one attached hydrogen (secondary N) is 2. The van der Waals surface area contributed by atoms with E-state index in [4.69, 9.17) is 0 Å². The van der Waals surface area contributed by atoms with Crippen molar-refractivity contribution in [3.05, 3.63) is 59.3 Å². The number of guanidine groups is 1. The van der Waals surface area contributed by atoms with E-state index in [2.05, 4.69) is 25.5 Å². The van der Waals surface area contributed by atoms with Gasteiger partial charge in [-0.25, -0.2) is 13.8 Å². The van der Waals surface area contributed by atoms with Crippen LogP contribution in [0.3, 0.4) is 0 Å². The topological polar surface area (TPSA) is 55.8 Å². The molecule has 1 aromatic carbocycles. The maximum absolute atomic E-state index is 13.4. The van der Waals surface area contributed by atoms with Gasteiger partial charge in [0.25, 0.3) is 0 Å². The number of piperidine rings is 1. The lowest BCUT2D eigenvalue weighted by molar-refractivity contribution is 0.198. The molecule has 2 N–H and O–H groups in total. The zero-order valence-corrected chi connectivity index (χ0v) is 20.6. The molecule has 2 aromatic rings. The van der Waals surface area contributed by atoms with E-state index in [1.807, 2.05) is 37.2 Å². The highest BCUT2D eigenvalue weighted by Crippen LogP contribution is 2.16. The molecular weight excluding hydrogens is 513 g/mol. The Labute approximate surface area is 200 Å². The average molecular weight is 544 g/mol. The van der Waals surface area contributed by atoms with Crippen LogP contribution in [0.5, 0.6) is 0 Å². The van der Waals surface area contributed by atoms with Crippen molar-refractivity contribution in [1.82, 2.24) is 20.5 Å². The Kier molecular flexibility index (Phi) is 9.89. The largest absolute Gasteiger partial charge is 0.363 e. The lowest BCUT2D eigenvalue weighted by atomic mass is 10.0. The highest BCUT2D eigenvalue weighted by atomic mass is 127. The molecule has 1 fully saturated rings. The Bertz CT molecular complexity index is 869. The van der Waals surface area contributed by atoms with Gasteiger partial charge in [0, 0.05) is 46.8 Å². The Morgan fingerprint density at radius 2 is 1.90 bits per heavy atom. The first kappa shape index (κ1) is 25.3. The quantitative estimate of drug-likeness (QED) is 0.332. The lowest BCUT2D eigenvalue weighted by Gasteiger charge is -2.33. The number of hydrogen-bond acceptors (Lipinski definition) is 4. The van der Waals surface area contributed by atoms with Crippen LogP contribution in [0.1, 0.15) is 24.1 Å². The molecule has 9 heteroatoms. The second-order valence-corrected chi connectivity index (χ2v) is 7.75. The van der Waals surface area contributed by atoms with Gasteiger partial charge in [0.15, 0.2) is 17.6 Å². The highest BCUT2D eigenvalue weighted by Gasteiger charge is 2.20. The van der Waals surface area contributed by atoms with Crippen molar-refractivity contribution >= 4 is 35.8 Å². The first-order valence-corrected chi connectivity index (χ1v) is 10.2. The minimum atomic E-state index is -0.802. The molecule has 0 saturated carbocycles. The number of hydrogen-bond donors (Lipinski definition) is 2. The summed E-state index contributed by atoms with van der Waals surface area (Å²) in [5.74, 6) is 0.0884. The summed E-state index contributed by atoms with van der Waals surface area (Å²) >= 11 is 0. The van der Waals surface area contributed by atoms with Crippen LogP contribution in [-0.4, -0.2) is 56.1 Å². The summed E-state index contributed by atoms with van der Waals surface area (Å²) in [6.07, 6.45) is 1.91. The number of halogens is 3. The van der Waals surface area contributed by atoms with Crippen molar-refractivity contribution < 1.29 is 8.78 Å². The number of rotatable bonds is 6. The number of nitrogens with zero attached hydrogens (tertiary/aromatic N) is 4. The fourth-order valence-corrected chi connectivity index (χ4v) is 3.51. The van der Waals surface area contributed by atoms with Crippen LogP contribution in [0.15, 0.2) is 41.4 Å². The van der Waals surface area contributed by atoms with Gasteiger partial charge in [-0.2, -0.15) is 0 Å². The summed E-state index contributed by atoms with van der Waals surface area (Å²) in [6, 6.07) is 10.4. The molecule has 1 saturated heterocycles. The zero-order chi connectivity index (χ0) is 21.5. The number of pyridine rings is 1. The van der Waals surface area contributed by atoms with E-state index in [0.29, 0.717) is 19.1 Å². The molecule has 3 rings (SSSR count). The molecule has 0 amide bonds. The molecule has 2 heterocycles. The van der Waals surface area contributed by atoms with Crippen LogP contribution in [0.4, 0.5) is 14.6 Å². The number of benzene rings is 1. The van der Waals surface area contributed by atoms with Gasteiger partial charge in [0.05, 0.1) is 12.2 Å². The number of likely N-dealkylation sites (tertiary alicyclic amines) is 1. The molecule has 0 aliphatic carbocycles. The second kappa shape index (κ2) is 12.1. The molecule has 170 valence electrons. The first-order valence-electron chi connectivity index (χ1n) is 10.2. The summed E-state index contributed by atoms with van der Waals surface area (Å²) in [5, 5.41) is 6.81. The fraction of sp³-hybridized carbons (Fsp3) is 0.455. The summed E-state index contributed by atoms with van der Waals surface area (Å²) in [6.45, 7) is 3.00. The number of aromatic nitrogens is 1. The van der Waals surface area contributed by atoms with Crippen molar-refractivity contribution in [2.75, 3.05) is 39.1 Å². The molecule has 1 aliphatic heterocycles. The second-order valence-electron chi connectivity index (χ2n) is 7.75. The third-order valence-electron chi connectivity index (χ3n) is 5.23. The summed E-state index contributed by atoms with van der Waals surface area (Å²) in [4.78, 5) is 13.2. The van der Waals surface area contributed by atoms with E-state index in [1.165, 1.54) is 12.1 Å². The van der Waals surface area contributed by atoms with Gasteiger partial charge in [-0.1, -0.05) is 12.1 Å². The van der Waals surface area contributed by atoms with E-state index < -0.39 is 11.6 Å². The van der Waals surface area contributed by atoms with Gasteiger partial charge in [0.2, 0.25) is 0 Å². The third-order valence-corrected chi connectivity index (χ3v) is 5.23. The van der Waals surface area contributed by atoms with Gasteiger partial charge in [-0.05, 0) is 42.7 Å². The van der Waals surface area contributed by atoms with Crippen LogP contribution in [0.25, 0.3) is 0 Å². The predicted octanol–water partition coefficient (Wildman–Crippen LogP) is 3.37. The standard InChI is InChI=1S/C22H30F2N6.HI/c1-25-22(26-14-18-5-4-6-21(27-18)29(2)3)28-17-9-11-30(12-10-17)15-16-7-8-19(23)20(24)13-16;/h4-8,13,17H,9-12,14-15H2,1-3H3,(H2,25,26,28);1H. The Morgan fingerprint density at radius 1 is 1.16 bits per heavy atom. The minimum Gasteiger partial charge on any atom is -0.363 e. The number of anilines is 1. The van der Waals surface area contributed by atoms with Crippen LogP contribution in [0, 0.1) is 11.6 Å². The van der Waals surface area contributed by atoms with Gasteiger partial charge in [-0.15, -0.1) is 24.0 Å².